The van der Waals surface area contributed by atoms with Gasteiger partial charge in [-0.15, -0.1) is 11.3 Å². The maximum Gasteiger partial charge on any atom is 0.0931 e. The van der Waals surface area contributed by atoms with Crippen LogP contribution in [-0.4, -0.2) is 13.1 Å². The van der Waals surface area contributed by atoms with Crippen molar-refractivity contribution in [2.75, 3.05) is 7.05 Å². The SMILES string of the molecule is CNC1CCCC1Cc1csc(Cl)c1. The molecule has 78 valence electrons. The van der Waals surface area contributed by atoms with Crippen LogP contribution in [0.25, 0.3) is 0 Å². The highest BCUT2D eigenvalue weighted by molar-refractivity contribution is 7.14. The Morgan fingerprint density at radius 2 is 2.43 bits per heavy atom. The summed E-state index contributed by atoms with van der Waals surface area (Å²) in [5.74, 6) is 0.811. The second-order valence-electron chi connectivity index (χ2n) is 4.05. The Morgan fingerprint density at radius 3 is 3.07 bits per heavy atom. The number of nitrogens with one attached hydrogen (secondary N) is 1. The van der Waals surface area contributed by atoms with Crippen LogP contribution in [0.15, 0.2) is 11.4 Å². The van der Waals surface area contributed by atoms with Crippen LogP contribution < -0.4 is 5.32 Å². The van der Waals surface area contributed by atoms with E-state index >= 15 is 0 Å². The van der Waals surface area contributed by atoms with Crippen molar-refractivity contribution in [3.8, 4) is 0 Å². The number of rotatable bonds is 3. The van der Waals surface area contributed by atoms with Gasteiger partial charge in [0.05, 0.1) is 4.34 Å². The maximum absolute atomic E-state index is 5.92. The largest absolute Gasteiger partial charge is 0.317 e. The Hall–Kier alpha value is -0.0500. The van der Waals surface area contributed by atoms with Crippen LogP contribution in [0.3, 0.4) is 0 Å². The minimum absolute atomic E-state index is 0.716. The Morgan fingerprint density at radius 1 is 1.57 bits per heavy atom. The van der Waals surface area contributed by atoms with E-state index in [1.165, 1.54) is 31.2 Å². The lowest BCUT2D eigenvalue weighted by Crippen LogP contribution is -2.29. The first kappa shape index (κ1) is 10.5. The number of thiophene rings is 1. The van der Waals surface area contributed by atoms with Gasteiger partial charge in [0.2, 0.25) is 0 Å². The molecule has 1 fully saturated rings. The summed E-state index contributed by atoms with van der Waals surface area (Å²) in [5.41, 5.74) is 1.41. The summed E-state index contributed by atoms with van der Waals surface area (Å²) in [7, 11) is 2.07. The molecule has 0 amide bonds. The maximum atomic E-state index is 5.92. The molecule has 1 heterocycles. The summed E-state index contributed by atoms with van der Waals surface area (Å²) < 4.78 is 0.916. The summed E-state index contributed by atoms with van der Waals surface area (Å²) in [6.45, 7) is 0. The molecule has 0 aliphatic heterocycles. The second-order valence-corrected chi connectivity index (χ2v) is 5.59. The molecule has 1 N–H and O–H groups in total. The Bertz CT molecular complexity index is 297. The zero-order valence-electron chi connectivity index (χ0n) is 8.42. The van der Waals surface area contributed by atoms with Crippen molar-refractivity contribution in [2.24, 2.45) is 5.92 Å². The van der Waals surface area contributed by atoms with Crippen LogP contribution in [0.2, 0.25) is 4.34 Å². The molecule has 2 rings (SSSR count). The van der Waals surface area contributed by atoms with Gasteiger partial charge in [0, 0.05) is 6.04 Å². The fourth-order valence-electron chi connectivity index (χ4n) is 2.42. The minimum atomic E-state index is 0.716. The van der Waals surface area contributed by atoms with E-state index in [9.17, 15) is 0 Å². The molecule has 1 aliphatic rings. The number of hydrogen-bond donors (Lipinski definition) is 1. The first-order valence-corrected chi connectivity index (χ1v) is 6.45. The predicted octanol–water partition coefficient (Wildman–Crippen LogP) is 3.33. The minimum Gasteiger partial charge on any atom is -0.317 e. The van der Waals surface area contributed by atoms with Gasteiger partial charge in [-0.2, -0.15) is 0 Å². The fraction of sp³-hybridized carbons (Fsp3) is 0.636. The van der Waals surface area contributed by atoms with Crippen molar-refractivity contribution >= 4 is 22.9 Å². The standard InChI is InChI=1S/C11H16ClNS/c1-13-10-4-2-3-9(10)5-8-6-11(12)14-7-8/h6-7,9-10,13H,2-5H2,1H3. The highest BCUT2D eigenvalue weighted by Crippen LogP contribution is 2.30. The second kappa shape index (κ2) is 4.65. The van der Waals surface area contributed by atoms with Crippen LogP contribution in [0.5, 0.6) is 0 Å². The molecular weight excluding hydrogens is 214 g/mol. The smallest absolute Gasteiger partial charge is 0.0931 e. The molecule has 1 aromatic heterocycles. The van der Waals surface area contributed by atoms with E-state index in [-0.39, 0.29) is 0 Å². The Balaban J connectivity index is 1.96. The van der Waals surface area contributed by atoms with Crippen molar-refractivity contribution in [1.29, 1.82) is 0 Å². The number of hydrogen-bond acceptors (Lipinski definition) is 2. The van der Waals surface area contributed by atoms with E-state index in [2.05, 4.69) is 23.8 Å². The highest BCUT2D eigenvalue weighted by Gasteiger charge is 2.25. The summed E-state index contributed by atoms with van der Waals surface area (Å²) in [6, 6.07) is 2.82. The van der Waals surface area contributed by atoms with Crippen molar-refractivity contribution in [2.45, 2.75) is 31.7 Å². The predicted molar refractivity (Wildman–Crippen MR) is 63.2 cm³/mol. The third-order valence-electron chi connectivity index (χ3n) is 3.15. The molecule has 0 aromatic carbocycles. The summed E-state index contributed by atoms with van der Waals surface area (Å²) in [4.78, 5) is 0. The van der Waals surface area contributed by atoms with Gasteiger partial charge in [0.25, 0.3) is 0 Å². The molecule has 0 radical (unpaired) electrons. The molecule has 2 atom stereocenters. The van der Waals surface area contributed by atoms with E-state index in [0.29, 0.717) is 6.04 Å². The third kappa shape index (κ3) is 2.30. The van der Waals surface area contributed by atoms with Gasteiger partial charge >= 0.3 is 0 Å². The molecule has 0 saturated heterocycles. The highest BCUT2D eigenvalue weighted by atomic mass is 35.5. The fourth-order valence-corrected chi connectivity index (χ4v) is 3.34. The average molecular weight is 230 g/mol. The Kier molecular flexibility index (Phi) is 3.47. The normalized spacial score (nSPS) is 27.0. The van der Waals surface area contributed by atoms with Gasteiger partial charge in [-0.05, 0) is 49.2 Å². The summed E-state index contributed by atoms with van der Waals surface area (Å²) in [6.07, 6.45) is 5.25. The van der Waals surface area contributed by atoms with Crippen molar-refractivity contribution in [3.63, 3.8) is 0 Å². The van der Waals surface area contributed by atoms with Crippen LogP contribution >= 0.6 is 22.9 Å². The molecule has 2 unspecified atom stereocenters. The van der Waals surface area contributed by atoms with E-state index < -0.39 is 0 Å². The van der Waals surface area contributed by atoms with Gasteiger partial charge in [-0.25, -0.2) is 0 Å². The van der Waals surface area contributed by atoms with E-state index in [4.69, 9.17) is 11.6 Å². The first-order valence-electron chi connectivity index (χ1n) is 5.20. The van der Waals surface area contributed by atoms with Gasteiger partial charge in [-0.1, -0.05) is 18.0 Å². The monoisotopic (exact) mass is 229 g/mol. The molecule has 1 saturated carbocycles. The molecule has 0 spiro atoms. The number of halogens is 1. The van der Waals surface area contributed by atoms with E-state index in [1.807, 2.05) is 0 Å². The molecule has 1 aliphatic carbocycles. The van der Waals surface area contributed by atoms with Crippen LogP contribution in [-0.2, 0) is 6.42 Å². The van der Waals surface area contributed by atoms with Crippen molar-refractivity contribution < 1.29 is 0 Å². The lowest BCUT2D eigenvalue weighted by molar-refractivity contribution is 0.424. The van der Waals surface area contributed by atoms with Gasteiger partial charge < -0.3 is 5.32 Å². The van der Waals surface area contributed by atoms with Gasteiger partial charge in [-0.3, -0.25) is 0 Å². The average Bonchev–Trinajstić information content (AvgIpc) is 2.76. The molecule has 1 aromatic rings. The van der Waals surface area contributed by atoms with Crippen LogP contribution in [0.4, 0.5) is 0 Å². The zero-order valence-corrected chi connectivity index (χ0v) is 10.00. The molecular formula is C11H16ClNS. The first-order chi connectivity index (χ1) is 6.79. The summed E-state index contributed by atoms with van der Waals surface area (Å²) >= 11 is 7.56. The molecule has 0 bridgehead atoms. The molecule has 1 nitrogen and oxygen atoms in total. The van der Waals surface area contributed by atoms with Gasteiger partial charge in [0.1, 0.15) is 0 Å². The van der Waals surface area contributed by atoms with Gasteiger partial charge in [0.15, 0.2) is 0 Å². The molecule has 14 heavy (non-hydrogen) atoms. The third-order valence-corrected chi connectivity index (χ3v) is 4.29. The van der Waals surface area contributed by atoms with E-state index in [1.54, 1.807) is 11.3 Å². The van der Waals surface area contributed by atoms with Crippen molar-refractivity contribution in [3.05, 3.63) is 21.3 Å². The van der Waals surface area contributed by atoms with E-state index in [0.717, 1.165) is 10.3 Å². The Labute approximate surface area is 94.5 Å². The lowest BCUT2D eigenvalue weighted by Gasteiger charge is -2.17. The van der Waals surface area contributed by atoms with Crippen LogP contribution in [0.1, 0.15) is 24.8 Å². The zero-order chi connectivity index (χ0) is 9.97. The summed E-state index contributed by atoms with van der Waals surface area (Å²) in [5, 5.41) is 5.60. The lowest BCUT2D eigenvalue weighted by atomic mass is 9.96. The topological polar surface area (TPSA) is 12.0 Å². The molecule has 3 heteroatoms. The quantitative estimate of drug-likeness (QED) is 0.839. The van der Waals surface area contributed by atoms with Crippen molar-refractivity contribution in [1.82, 2.24) is 5.32 Å². The van der Waals surface area contributed by atoms with Crippen LogP contribution in [0, 0.1) is 5.92 Å².